The van der Waals surface area contributed by atoms with E-state index >= 15 is 0 Å². The molecule has 4 aromatic carbocycles. The molecule has 0 N–H and O–H groups in total. The molecule has 0 radical (unpaired) electrons. The second-order valence-corrected chi connectivity index (χ2v) is 9.22. The zero-order valence-electron chi connectivity index (χ0n) is 18.0. The van der Waals surface area contributed by atoms with E-state index in [2.05, 4.69) is 31.2 Å². The maximum Gasteiger partial charge on any atom is 0.159 e. The highest BCUT2D eigenvalue weighted by molar-refractivity contribution is 7.22. The molecular formula is C29H21F3S. The minimum Gasteiger partial charge on any atom is -0.206 e. The largest absolute Gasteiger partial charge is 0.206 e. The van der Waals surface area contributed by atoms with Gasteiger partial charge in [-0.15, -0.1) is 11.3 Å². The molecule has 0 nitrogen and oxygen atoms in total. The number of rotatable bonds is 5. The van der Waals surface area contributed by atoms with Crippen molar-refractivity contribution >= 4 is 21.4 Å². The molecule has 0 unspecified atom stereocenters. The van der Waals surface area contributed by atoms with Crippen LogP contribution in [0.5, 0.6) is 0 Å². The molecule has 0 saturated heterocycles. The molecule has 0 aliphatic heterocycles. The van der Waals surface area contributed by atoms with Gasteiger partial charge in [-0.1, -0.05) is 67.9 Å². The van der Waals surface area contributed by atoms with Gasteiger partial charge in [0.25, 0.3) is 0 Å². The number of hydrogen-bond donors (Lipinski definition) is 0. The smallest absolute Gasteiger partial charge is 0.159 e. The average Bonchev–Trinajstić information content (AvgIpc) is 3.25. The minimum atomic E-state index is -0.991. The zero-order chi connectivity index (χ0) is 22.9. The summed E-state index contributed by atoms with van der Waals surface area (Å²) >= 11 is 1.78. The summed E-state index contributed by atoms with van der Waals surface area (Å²) in [5, 5.41) is 1.24. The summed E-state index contributed by atoms with van der Waals surface area (Å²) in [6, 6.07) is 25.2. The third-order valence-corrected chi connectivity index (χ3v) is 6.97. The van der Waals surface area contributed by atoms with Gasteiger partial charge in [0.2, 0.25) is 0 Å². The van der Waals surface area contributed by atoms with Crippen molar-refractivity contribution < 1.29 is 13.2 Å². The van der Waals surface area contributed by atoms with E-state index in [0.29, 0.717) is 5.56 Å². The van der Waals surface area contributed by atoms with E-state index in [1.807, 2.05) is 24.3 Å². The van der Waals surface area contributed by atoms with Crippen molar-refractivity contribution in [2.45, 2.75) is 19.8 Å². The molecule has 0 fully saturated rings. The Labute approximate surface area is 195 Å². The van der Waals surface area contributed by atoms with Crippen LogP contribution in [0.1, 0.15) is 18.9 Å². The summed E-state index contributed by atoms with van der Waals surface area (Å²) < 4.78 is 42.8. The fourth-order valence-corrected chi connectivity index (χ4v) is 5.21. The highest BCUT2D eigenvalue weighted by Gasteiger charge is 2.11. The second kappa shape index (κ2) is 8.87. The van der Waals surface area contributed by atoms with Crippen molar-refractivity contribution in [3.63, 3.8) is 0 Å². The maximum absolute atomic E-state index is 14.8. The molecule has 0 aliphatic rings. The Morgan fingerprint density at radius 1 is 0.606 bits per heavy atom. The van der Waals surface area contributed by atoms with E-state index in [9.17, 15) is 13.2 Å². The molecule has 0 atom stereocenters. The highest BCUT2D eigenvalue weighted by atomic mass is 32.1. The van der Waals surface area contributed by atoms with Crippen molar-refractivity contribution in [1.82, 2.24) is 0 Å². The van der Waals surface area contributed by atoms with Gasteiger partial charge in [0.1, 0.15) is 5.82 Å². The van der Waals surface area contributed by atoms with Gasteiger partial charge in [0, 0.05) is 15.1 Å². The van der Waals surface area contributed by atoms with Gasteiger partial charge >= 0.3 is 0 Å². The standard InChI is InChI=1S/C29H21F3S/c1-2-3-18-4-5-23-17-29(33-28(23)14-18)20-8-6-19(7-9-20)21-10-12-24(26(31)15-21)22-11-13-25(30)27(32)16-22/h4-17H,2-3H2,1H3. The van der Waals surface area contributed by atoms with Crippen molar-refractivity contribution in [3.8, 4) is 32.7 Å². The molecule has 1 aromatic heterocycles. The van der Waals surface area contributed by atoms with Crippen LogP contribution in [0.15, 0.2) is 84.9 Å². The summed E-state index contributed by atoms with van der Waals surface area (Å²) in [6.45, 7) is 2.19. The van der Waals surface area contributed by atoms with E-state index in [-0.39, 0.29) is 5.56 Å². The lowest BCUT2D eigenvalue weighted by Crippen LogP contribution is -1.89. The lowest BCUT2D eigenvalue weighted by Gasteiger charge is -2.08. The van der Waals surface area contributed by atoms with Crippen LogP contribution in [-0.4, -0.2) is 0 Å². The first-order valence-electron chi connectivity index (χ1n) is 10.9. The Kier molecular flexibility index (Phi) is 5.77. The molecule has 164 valence electrons. The number of fused-ring (bicyclic) bond motifs is 1. The predicted octanol–water partition coefficient (Wildman–Crippen LogP) is 9.27. The van der Waals surface area contributed by atoms with Crippen LogP contribution in [0, 0.1) is 17.5 Å². The van der Waals surface area contributed by atoms with E-state index in [1.165, 1.54) is 32.7 Å². The van der Waals surface area contributed by atoms with E-state index in [0.717, 1.165) is 41.7 Å². The molecule has 33 heavy (non-hydrogen) atoms. The van der Waals surface area contributed by atoms with Crippen LogP contribution in [0.4, 0.5) is 13.2 Å². The van der Waals surface area contributed by atoms with Crippen molar-refractivity contribution in [2.75, 3.05) is 0 Å². The van der Waals surface area contributed by atoms with Gasteiger partial charge in [-0.05, 0) is 70.0 Å². The first-order valence-corrected chi connectivity index (χ1v) is 11.7. The van der Waals surface area contributed by atoms with E-state index in [4.69, 9.17) is 0 Å². The van der Waals surface area contributed by atoms with Crippen LogP contribution in [-0.2, 0) is 6.42 Å². The van der Waals surface area contributed by atoms with Gasteiger partial charge in [-0.25, -0.2) is 13.2 Å². The lowest BCUT2D eigenvalue weighted by atomic mass is 9.98. The van der Waals surface area contributed by atoms with Gasteiger partial charge in [0.05, 0.1) is 0 Å². The topological polar surface area (TPSA) is 0 Å². The van der Waals surface area contributed by atoms with Crippen molar-refractivity contribution in [2.24, 2.45) is 0 Å². The average molecular weight is 459 g/mol. The third-order valence-electron chi connectivity index (χ3n) is 5.83. The Hall–Kier alpha value is -3.37. The van der Waals surface area contributed by atoms with E-state index < -0.39 is 17.5 Å². The Balaban J connectivity index is 1.42. The Morgan fingerprint density at radius 3 is 2.03 bits per heavy atom. The summed E-state index contributed by atoms with van der Waals surface area (Å²) in [5.41, 5.74) is 4.65. The number of aryl methyl sites for hydroxylation is 1. The summed E-state index contributed by atoms with van der Waals surface area (Å²) in [6.07, 6.45) is 2.22. The first-order chi connectivity index (χ1) is 16.0. The van der Waals surface area contributed by atoms with Crippen molar-refractivity contribution in [1.29, 1.82) is 0 Å². The maximum atomic E-state index is 14.8. The van der Waals surface area contributed by atoms with Gasteiger partial charge < -0.3 is 0 Å². The summed E-state index contributed by atoms with van der Waals surface area (Å²) in [4.78, 5) is 1.20. The minimum absolute atomic E-state index is 0.238. The number of thiophene rings is 1. The quantitative estimate of drug-likeness (QED) is 0.246. The number of hydrogen-bond acceptors (Lipinski definition) is 1. The number of halogens is 3. The van der Waals surface area contributed by atoms with Crippen LogP contribution >= 0.6 is 11.3 Å². The first kappa shape index (κ1) is 21.5. The zero-order valence-corrected chi connectivity index (χ0v) is 18.9. The molecule has 0 saturated carbocycles. The molecule has 0 amide bonds. The fourth-order valence-electron chi connectivity index (χ4n) is 4.08. The molecule has 4 heteroatoms. The molecule has 0 spiro atoms. The monoisotopic (exact) mass is 458 g/mol. The van der Waals surface area contributed by atoms with Gasteiger partial charge in [-0.2, -0.15) is 0 Å². The fraction of sp³-hybridized carbons (Fsp3) is 0.103. The van der Waals surface area contributed by atoms with Crippen molar-refractivity contribution in [3.05, 3.63) is 108 Å². The summed E-state index contributed by atoms with van der Waals surface area (Å²) in [7, 11) is 0. The van der Waals surface area contributed by atoms with Gasteiger partial charge in [-0.3, -0.25) is 0 Å². The lowest BCUT2D eigenvalue weighted by molar-refractivity contribution is 0.509. The Morgan fingerprint density at radius 2 is 1.30 bits per heavy atom. The second-order valence-electron chi connectivity index (χ2n) is 8.13. The molecule has 0 bridgehead atoms. The van der Waals surface area contributed by atoms with E-state index in [1.54, 1.807) is 23.5 Å². The normalized spacial score (nSPS) is 11.3. The summed E-state index contributed by atoms with van der Waals surface area (Å²) in [5.74, 6) is -2.42. The molecule has 5 rings (SSSR count). The molecule has 5 aromatic rings. The number of benzene rings is 4. The molecule has 0 aliphatic carbocycles. The van der Waals surface area contributed by atoms with Crippen LogP contribution in [0.25, 0.3) is 42.8 Å². The molecular weight excluding hydrogens is 437 g/mol. The highest BCUT2D eigenvalue weighted by Crippen LogP contribution is 2.36. The molecule has 1 heterocycles. The van der Waals surface area contributed by atoms with Gasteiger partial charge in [0.15, 0.2) is 11.6 Å². The predicted molar refractivity (Wildman–Crippen MR) is 132 cm³/mol. The van der Waals surface area contributed by atoms with Crippen LogP contribution < -0.4 is 0 Å². The SMILES string of the molecule is CCCc1ccc2cc(-c3ccc(-c4ccc(-c5ccc(F)c(F)c5)c(F)c4)cc3)sc2c1. The third kappa shape index (κ3) is 4.31. The van der Waals surface area contributed by atoms with Crippen LogP contribution in [0.3, 0.4) is 0 Å². The Bertz CT molecular complexity index is 1450. The van der Waals surface area contributed by atoms with Crippen LogP contribution in [0.2, 0.25) is 0 Å².